The van der Waals surface area contributed by atoms with E-state index in [4.69, 9.17) is 9.47 Å². The van der Waals surface area contributed by atoms with E-state index in [0.29, 0.717) is 0 Å². The standard InChI is InChI=1S/C7H12O2/c1-2-9-7-4-3-5-8-6-7/h2,7H,1,3-6H2. The topological polar surface area (TPSA) is 18.5 Å². The second-order valence-corrected chi connectivity index (χ2v) is 2.14. The monoisotopic (exact) mass is 128 g/mol. The van der Waals surface area contributed by atoms with Gasteiger partial charge in [-0.3, -0.25) is 0 Å². The first-order valence-electron chi connectivity index (χ1n) is 3.27. The van der Waals surface area contributed by atoms with Crippen LogP contribution in [0.15, 0.2) is 12.8 Å². The van der Waals surface area contributed by atoms with E-state index in [1.54, 1.807) is 0 Å². The largest absolute Gasteiger partial charge is 0.496 e. The maximum atomic E-state index is 5.16. The van der Waals surface area contributed by atoms with Crippen molar-refractivity contribution in [3.05, 3.63) is 12.8 Å². The number of rotatable bonds is 2. The molecule has 0 bridgehead atoms. The molecule has 0 aromatic carbocycles. The van der Waals surface area contributed by atoms with Gasteiger partial charge >= 0.3 is 0 Å². The Hall–Kier alpha value is -0.500. The Morgan fingerprint density at radius 1 is 1.67 bits per heavy atom. The van der Waals surface area contributed by atoms with Crippen molar-refractivity contribution in [3.63, 3.8) is 0 Å². The lowest BCUT2D eigenvalue weighted by Crippen LogP contribution is -2.23. The smallest absolute Gasteiger partial charge is 0.121 e. The van der Waals surface area contributed by atoms with Crippen LogP contribution in [0.4, 0.5) is 0 Å². The van der Waals surface area contributed by atoms with Gasteiger partial charge < -0.3 is 9.47 Å². The SMILES string of the molecule is C=COC1CCCOC1. The van der Waals surface area contributed by atoms with Gasteiger partial charge in [0.25, 0.3) is 0 Å². The molecule has 0 aromatic heterocycles. The summed E-state index contributed by atoms with van der Waals surface area (Å²) in [7, 11) is 0. The average Bonchev–Trinajstić information content (AvgIpc) is 1.91. The highest BCUT2D eigenvalue weighted by Gasteiger charge is 2.12. The minimum absolute atomic E-state index is 0.260. The Labute approximate surface area is 55.5 Å². The van der Waals surface area contributed by atoms with Gasteiger partial charge in [0.1, 0.15) is 6.10 Å². The molecule has 1 heterocycles. The molecule has 0 saturated carbocycles. The van der Waals surface area contributed by atoms with Gasteiger partial charge in [-0.2, -0.15) is 0 Å². The van der Waals surface area contributed by atoms with E-state index in [9.17, 15) is 0 Å². The first-order chi connectivity index (χ1) is 4.43. The zero-order valence-corrected chi connectivity index (χ0v) is 5.51. The van der Waals surface area contributed by atoms with Crippen LogP contribution >= 0.6 is 0 Å². The van der Waals surface area contributed by atoms with Crippen LogP contribution in [-0.2, 0) is 9.47 Å². The van der Waals surface area contributed by atoms with Crippen LogP contribution in [-0.4, -0.2) is 19.3 Å². The van der Waals surface area contributed by atoms with Crippen molar-refractivity contribution in [1.82, 2.24) is 0 Å². The Morgan fingerprint density at radius 3 is 3.11 bits per heavy atom. The molecular weight excluding hydrogens is 116 g/mol. The van der Waals surface area contributed by atoms with E-state index in [1.165, 1.54) is 6.26 Å². The maximum absolute atomic E-state index is 5.16. The molecule has 2 nitrogen and oxygen atoms in total. The lowest BCUT2D eigenvalue weighted by Gasteiger charge is -2.20. The molecule has 0 amide bonds. The summed E-state index contributed by atoms with van der Waals surface area (Å²) in [6, 6.07) is 0. The fourth-order valence-corrected chi connectivity index (χ4v) is 0.955. The number of hydrogen-bond acceptors (Lipinski definition) is 2. The van der Waals surface area contributed by atoms with Crippen LogP contribution in [0.3, 0.4) is 0 Å². The molecule has 1 aliphatic heterocycles. The zero-order valence-electron chi connectivity index (χ0n) is 5.51. The van der Waals surface area contributed by atoms with Crippen LogP contribution < -0.4 is 0 Å². The molecule has 52 valence electrons. The van der Waals surface area contributed by atoms with Crippen molar-refractivity contribution in [3.8, 4) is 0 Å². The van der Waals surface area contributed by atoms with Crippen molar-refractivity contribution in [1.29, 1.82) is 0 Å². The van der Waals surface area contributed by atoms with Gasteiger partial charge in [0.15, 0.2) is 0 Å². The molecule has 0 aromatic rings. The average molecular weight is 128 g/mol. The van der Waals surface area contributed by atoms with Gasteiger partial charge in [-0.05, 0) is 12.8 Å². The molecule has 1 aliphatic rings. The molecule has 1 saturated heterocycles. The van der Waals surface area contributed by atoms with Gasteiger partial charge in [0.05, 0.1) is 12.9 Å². The third-order valence-electron chi connectivity index (χ3n) is 1.41. The Morgan fingerprint density at radius 2 is 2.56 bits per heavy atom. The number of ether oxygens (including phenoxy) is 2. The number of hydrogen-bond donors (Lipinski definition) is 0. The lowest BCUT2D eigenvalue weighted by molar-refractivity contribution is -0.0129. The van der Waals surface area contributed by atoms with Crippen molar-refractivity contribution in [2.75, 3.05) is 13.2 Å². The van der Waals surface area contributed by atoms with Gasteiger partial charge in [-0.1, -0.05) is 6.58 Å². The van der Waals surface area contributed by atoms with Crippen LogP contribution in [0.25, 0.3) is 0 Å². The van der Waals surface area contributed by atoms with Crippen molar-refractivity contribution in [2.24, 2.45) is 0 Å². The van der Waals surface area contributed by atoms with E-state index in [2.05, 4.69) is 6.58 Å². The molecule has 0 N–H and O–H groups in total. The van der Waals surface area contributed by atoms with Crippen molar-refractivity contribution >= 4 is 0 Å². The lowest BCUT2D eigenvalue weighted by atomic mass is 10.2. The highest BCUT2D eigenvalue weighted by Crippen LogP contribution is 2.09. The van der Waals surface area contributed by atoms with Crippen LogP contribution in [0, 0.1) is 0 Å². The van der Waals surface area contributed by atoms with Gasteiger partial charge in [0.2, 0.25) is 0 Å². The van der Waals surface area contributed by atoms with E-state index in [1.807, 2.05) is 0 Å². The second-order valence-electron chi connectivity index (χ2n) is 2.14. The minimum atomic E-state index is 0.260. The van der Waals surface area contributed by atoms with Gasteiger partial charge in [-0.15, -0.1) is 0 Å². The van der Waals surface area contributed by atoms with E-state index >= 15 is 0 Å². The molecule has 0 spiro atoms. The Kier molecular flexibility index (Phi) is 2.58. The summed E-state index contributed by atoms with van der Waals surface area (Å²) in [6.45, 7) is 5.09. The van der Waals surface area contributed by atoms with E-state index in [0.717, 1.165) is 26.1 Å². The highest BCUT2D eigenvalue weighted by atomic mass is 16.5. The fraction of sp³-hybridized carbons (Fsp3) is 0.714. The molecule has 1 rings (SSSR count). The Bertz CT molecular complexity index is 84.9. The molecule has 0 radical (unpaired) electrons. The molecule has 9 heavy (non-hydrogen) atoms. The maximum Gasteiger partial charge on any atom is 0.121 e. The first kappa shape index (κ1) is 6.62. The van der Waals surface area contributed by atoms with E-state index in [-0.39, 0.29) is 6.10 Å². The van der Waals surface area contributed by atoms with Crippen LogP contribution in [0.1, 0.15) is 12.8 Å². The van der Waals surface area contributed by atoms with E-state index < -0.39 is 0 Å². The summed E-state index contributed by atoms with van der Waals surface area (Å²) in [6.07, 6.45) is 3.96. The third kappa shape index (κ3) is 2.06. The summed E-state index contributed by atoms with van der Waals surface area (Å²) in [5.74, 6) is 0. The predicted molar refractivity (Wildman–Crippen MR) is 35.1 cm³/mol. The fourth-order valence-electron chi connectivity index (χ4n) is 0.955. The van der Waals surface area contributed by atoms with Crippen LogP contribution in [0.2, 0.25) is 0 Å². The Balaban J connectivity index is 2.15. The normalized spacial score (nSPS) is 27.3. The molecule has 1 unspecified atom stereocenters. The quantitative estimate of drug-likeness (QED) is 0.522. The molecule has 0 aliphatic carbocycles. The van der Waals surface area contributed by atoms with Gasteiger partial charge in [0, 0.05) is 6.61 Å². The van der Waals surface area contributed by atoms with Gasteiger partial charge in [-0.25, -0.2) is 0 Å². The van der Waals surface area contributed by atoms with Crippen LogP contribution in [0.5, 0.6) is 0 Å². The molecular formula is C7H12O2. The predicted octanol–water partition coefficient (Wildman–Crippen LogP) is 1.33. The zero-order chi connectivity index (χ0) is 6.53. The first-order valence-corrected chi connectivity index (χ1v) is 3.27. The summed E-state index contributed by atoms with van der Waals surface area (Å²) >= 11 is 0. The third-order valence-corrected chi connectivity index (χ3v) is 1.41. The molecule has 2 heteroatoms. The molecule has 1 atom stereocenters. The summed E-state index contributed by atoms with van der Waals surface area (Å²) in [5, 5.41) is 0. The summed E-state index contributed by atoms with van der Waals surface area (Å²) in [4.78, 5) is 0. The minimum Gasteiger partial charge on any atom is -0.496 e. The molecule has 1 fully saturated rings. The second kappa shape index (κ2) is 3.51. The van der Waals surface area contributed by atoms with Crippen molar-refractivity contribution in [2.45, 2.75) is 18.9 Å². The summed E-state index contributed by atoms with van der Waals surface area (Å²) < 4.78 is 10.3. The highest BCUT2D eigenvalue weighted by molar-refractivity contribution is 4.65. The van der Waals surface area contributed by atoms with Crippen molar-refractivity contribution < 1.29 is 9.47 Å². The summed E-state index contributed by atoms with van der Waals surface area (Å²) in [5.41, 5.74) is 0.